The zero-order chi connectivity index (χ0) is 86.0. The number of benzene rings is 10. The van der Waals surface area contributed by atoms with Crippen LogP contribution in [0, 0.1) is 56.2 Å². The molecule has 10 aromatic carbocycles. The van der Waals surface area contributed by atoms with E-state index in [2.05, 4.69) is 0 Å². The zero-order valence-electron chi connectivity index (χ0n) is 69.5. The summed E-state index contributed by atoms with van der Waals surface area (Å²) in [4.78, 5) is 12.8. The summed E-state index contributed by atoms with van der Waals surface area (Å²) in [6.45, 7) is 27.7. The zero-order valence-corrected chi connectivity index (χ0v) is 69.5. The Hall–Kier alpha value is -9.84. The third-order valence-corrected chi connectivity index (χ3v) is 19.2. The largest absolute Gasteiger partial charge is 0.497 e. The average Bonchev–Trinajstić information content (AvgIpc) is 0.810. The van der Waals surface area contributed by atoms with E-state index >= 15 is 0 Å². The van der Waals surface area contributed by atoms with Crippen LogP contribution in [0.1, 0.15) is 189 Å². The molecule has 20 heteroatoms. The molecule has 2 unspecified atom stereocenters. The van der Waals surface area contributed by atoms with Gasteiger partial charge in [-0.1, -0.05) is 189 Å². The van der Waals surface area contributed by atoms with Crippen LogP contribution in [0.4, 0.5) is 22.0 Å². The summed E-state index contributed by atoms with van der Waals surface area (Å²) in [5.41, 5.74) is 8.48. The highest BCUT2D eigenvalue weighted by Crippen LogP contribution is 2.46. The highest BCUT2D eigenvalue weighted by Gasteiger charge is 2.33. The Labute approximate surface area is 673 Å². The summed E-state index contributed by atoms with van der Waals surface area (Å²) < 4.78 is 97.5. The van der Waals surface area contributed by atoms with E-state index in [1.54, 1.807) is 146 Å². The molecule has 10 aromatic rings. The van der Waals surface area contributed by atoms with Crippen molar-refractivity contribution in [1.29, 1.82) is 0 Å². The number of carbonyl (C=O) groups is 1. The fraction of sp³-hybridized carbons (Fsp3) is 0.358. The molecule has 9 N–H and O–H groups in total. The third-order valence-electron chi connectivity index (χ3n) is 19.2. The molecule has 0 aromatic heterocycles. The molecule has 0 saturated carbocycles. The van der Waals surface area contributed by atoms with E-state index in [9.17, 15) is 72.7 Å². The van der Waals surface area contributed by atoms with Gasteiger partial charge >= 0.3 is 0 Å². The Balaban J connectivity index is 0.000000224. The lowest BCUT2D eigenvalue weighted by Crippen LogP contribution is -2.21. The maximum absolute atomic E-state index is 14.3. The maximum Gasteiger partial charge on any atom is 0.168 e. The monoisotopic (exact) mass is 1590 g/mol. The summed E-state index contributed by atoms with van der Waals surface area (Å²) in [7, 11) is 7.61. The number of hydrogen-bond donors (Lipinski definition) is 9. The lowest BCUT2D eigenvalue weighted by atomic mass is 9.81. The normalized spacial score (nSPS) is 12.7. The number of carbonyl (C=O) groups excluding carboxylic acids is 1. The Morgan fingerprint density at radius 2 is 0.452 bits per heavy atom. The minimum atomic E-state index is -0.797. The van der Waals surface area contributed by atoms with Crippen LogP contribution < -0.4 is 23.7 Å². The van der Waals surface area contributed by atoms with Gasteiger partial charge in [0.15, 0.2) is 5.78 Å². The first-order valence-corrected chi connectivity index (χ1v) is 37.5. The van der Waals surface area contributed by atoms with Crippen LogP contribution in [0.3, 0.4) is 0 Å². The molecule has 0 aliphatic rings. The van der Waals surface area contributed by atoms with E-state index < -0.39 is 57.3 Å². The van der Waals surface area contributed by atoms with E-state index in [0.717, 1.165) is 0 Å². The maximum atomic E-state index is 14.3. The molecule has 0 radical (unpaired) electrons. The predicted octanol–water partition coefficient (Wildman–Crippen LogP) is 20.5. The van der Waals surface area contributed by atoms with Gasteiger partial charge < -0.3 is 69.6 Å². The summed E-state index contributed by atoms with van der Waals surface area (Å²) in [6, 6.07) is 48.2. The fourth-order valence-corrected chi connectivity index (χ4v) is 12.3. The van der Waals surface area contributed by atoms with Gasteiger partial charge in [-0.25, -0.2) is 22.0 Å². The molecule has 0 aliphatic heterocycles. The molecule has 4 atom stereocenters. The van der Waals surface area contributed by atoms with Gasteiger partial charge in [0.25, 0.3) is 0 Å². The highest BCUT2D eigenvalue weighted by molar-refractivity contribution is 6.05. The molecule has 0 aliphatic carbocycles. The standard InChI is InChI=1S/4C19H23FO3.C19H21FO3/c5*1-19(2,3)18(22)16-9-12(11-21)5-7-14(16)15-10-13(23-4)6-8-17(15)20/h4*5-10,18,21-22H,11H2,1-4H3;5-10,21H,11H2,1-4H3/t2*18-;;;/m10.../s1. The van der Waals surface area contributed by atoms with Crippen molar-refractivity contribution in [2.75, 3.05) is 35.5 Å². The second-order valence-corrected chi connectivity index (χ2v) is 33.2. The van der Waals surface area contributed by atoms with Crippen molar-refractivity contribution in [1.82, 2.24) is 0 Å². The van der Waals surface area contributed by atoms with Crippen molar-refractivity contribution >= 4 is 5.78 Å². The van der Waals surface area contributed by atoms with E-state index in [1.807, 2.05) is 104 Å². The lowest BCUT2D eigenvalue weighted by Gasteiger charge is -2.28. The van der Waals surface area contributed by atoms with Crippen LogP contribution in [-0.2, 0) is 33.0 Å². The van der Waals surface area contributed by atoms with Crippen molar-refractivity contribution in [3.63, 3.8) is 0 Å². The molecule has 0 heterocycles. The first-order valence-electron chi connectivity index (χ1n) is 37.5. The molecule has 0 spiro atoms. The van der Waals surface area contributed by atoms with Gasteiger partial charge in [0.05, 0.1) is 93.0 Å². The number of ether oxygens (including phenoxy) is 5. The van der Waals surface area contributed by atoms with Gasteiger partial charge in [-0.3, -0.25) is 4.79 Å². The summed E-state index contributed by atoms with van der Waals surface area (Å²) >= 11 is 0. The van der Waals surface area contributed by atoms with Crippen molar-refractivity contribution in [3.05, 3.63) is 267 Å². The van der Waals surface area contributed by atoms with Gasteiger partial charge in [-0.15, -0.1) is 0 Å². The molecule has 115 heavy (non-hydrogen) atoms. The smallest absolute Gasteiger partial charge is 0.168 e. The topological polar surface area (TPSA) is 245 Å². The first kappa shape index (κ1) is 94.0. The molecule has 618 valence electrons. The van der Waals surface area contributed by atoms with Crippen LogP contribution in [0.15, 0.2) is 182 Å². The summed E-state index contributed by atoms with van der Waals surface area (Å²) in [6.07, 6.45) is -3.19. The number of methoxy groups -OCH3 is 5. The first-order chi connectivity index (χ1) is 53.9. The van der Waals surface area contributed by atoms with Crippen LogP contribution in [0.25, 0.3) is 55.6 Å². The van der Waals surface area contributed by atoms with Crippen molar-refractivity contribution in [2.24, 2.45) is 27.1 Å². The number of Topliss-reactive ketones (excluding diaryl/α,β-unsaturated/α-hetero) is 1. The lowest BCUT2D eigenvalue weighted by molar-refractivity contribution is 0.0629. The fourth-order valence-electron chi connectivity index (χ4n) is 12.3. The van der Waals surface area contributed by atoms with Crippen molar-refractivity contribution in [3.8, 4) is 84.4 Å². The van der Waals surface area contributed by atoms with Crippen LogP contribution in [0.2, 0.25) is 0 Å². The van der Waals surface area contributed by atoms with Gasteiger partial charge in [0, 0.05) is 38.8 Å². The van der Waals surface area contributed by atoms with Crippen molar-refractivity contribution < 1.29 is 96.4 Å². The van der Waals surface area contributed by atoms with E-state index in [0.29, 0.717) is 140 Å². The minimum absolute atomic E-state index is 0.106. The quantitative estimate of drug-likeness (QED) is 0.0254. The molecule has 0 saturated heterocycles. The molecular formula is C95H113F5O15. The molecule has 0 amide bonds. The number of ketones is 1. The Bertz CT molecular complexity index is 4420. The van der Waals surface area contributed by atoms with Crippen LogP contribution in [-0.4, -0.2) is 87.3 Å². The van der Waals surface area contributed by atoms with Crippen LogP contribution in [0.5, 0.6) is 28.7 Å². The predicted molar refractivity (Wildman–Crippen MR) is 443 cm³/mol. The van der Waals surface area contributed by atoms with Gasteiger partial charge in [-0.05, 0) is 197 Å². The molecule has 0 bridgehead atoms. The molecule has 15 nitrogen and oxygen atoms in total. The van der Waals surface area contributed by atoms with Crippen molar-refractivity contribution in [2.45, 2.75) is 161 Å². The SMILES string of the molecule is COc1ccc(F)c(-c2ccc(CO)cc2C(=O)C(C)(C)C)c1.COc1ccc(F)c(-c2ccc(CO)cc2C(O)C(C)(C)C)c1.COc1ccc(F)c(-c2ccc(CO)cc2C(O)C(C)(C)C)c1.COc1ccc(F)c(-c2ccc(CO)cc2[C@@H](O)C(C)(C)C)c1.COc1ccc(F)c(-c2ccc(CO)cc2[C@H](O)C(C)(C)C)c1. The molecule has 10 rings (SSSR count). The number of aliphatic hydroxyl groups excluding tert-OH is 9. The molecule has 0 fully saturated rings. The van der Waals surface area contributed by atoms with Crippen LogP contribution >= 0.6 is 0 Å². The number of hydrogen-bond acceptors (Lipinski definition) is 15. The average molecular weight is 1590 g/mol. The van der Waals surface area contributed by atoms with E-state index in [-0.39, 0.29) is 62.1 Å². The number of aliphatic hydroxyl groups is 9. The minimum Gasteiger partial charge on any atom is -0.497 e. The summed E-state index contributed by atoms with van der Waals surface area (Å²) in [5, 5.41) is 89.6. The number of rotatable bonds is 20. The Morgan fingerprint density at radius 1 is 0.270 bits per heavy atom. The Morgan fingerprint density at radius 3 is 0.626 bits per heavy atom. The van der Waals surface area contributed by atoms with E-state index in [1.165, 1.54) is 71.9 Å². The molecular weight excluding hydrogens is 1480 g/mol. The van der Waals surface area contributed by atoms with Gasteiger partial charge in [0.1, 0.15) is 57.8 Å². The summed E-state index contributed by atoms with van der Waals surface area (Å²) in [5.74, 6) is 0.627. The highest BCUT2D eigenvalue weighted by atomic mass is 19.1. The second kappa shape index (κ2) is 40.6. The van der Waals surface area contributed by atoms with Gasteiger partial charge in [0.2, 0.25) is 0 Å². The van der Waals surface area contributed by atoms with E-state index in [4.69, 9.17) is 23.7 Å². The third kappa shape index (κ3) is 24.6. The van der Waals surface area contributed by atoms with Gasteiger partial charge in [-0.2, -0.15) is 0 Å². The number of halogens is 5. The second-order valence-electron chi connectivity index (χ2n) is 33.2. The Kier molecular flexibility index (Phi) is 33.2.